The SMILES string of the molecule is CCCCCCCC(F)(F)CCCCCCC=CC(C(=O)N[C@@H](Cc1ccc(OCCCC)cc1)C(=O)OC)[C@@](O)(CCOC)C(=O)O. The zero-order valence-electron chi connectivity index (χ0n) is 29.4. The lowest BCUT2D eigenvalue weighted by Crippen LogP contribution is -2.55. The summed E-state index contributed by atoms with van der Waals surface area (Å²) in [4.78, 5) is 38.5. The van der Waals surface area contributed by atoms with Crippen LogP contribution in [-0.2, 0) is 30.3 Å². The Labute approximate surface area is 285 Å². The molecule has 9 nitrogen and oxygen atoms in total. The first kappa shape index (κ1) is 43.0. The van der Waals surface area contributed by atoms with E-state index in [1.807, 2.05) is 0 Å². The van der Waals surface area contributed by atoms with E-state index < -0.39 is 41.3 Å². The van der Waals surface area contributed by atoms with Crippen LogP contribution >= 0.6 is 0 Å². The van der Waals surface area contributed by atoms with Gasteiger partial charge in [0.05, 0.1) is 19.6 Å². The van der Waals surface area contributed by atoms with Gasteiger partial charge in [0.25, 0.3) is 0 Å². The summed E-state index contributed by atoms with van der Waals surface area (Å²) in [7, 11) is 2.54. The van der Waals surface area contributed by atoms with Crippen molar-refractivity contribution in [1.82, 2.24) is 5.32 Å². The summed E-state index contributed by atoms with van der Waals surface area (Å²) in [6.45, 7) is 4.61. The number of carboxylic acids is 1. The largest absolute Gasteiger partial charge is 0.494 e. The number of halogens is 2. The molecule has 0 heterocycles. The molecule has 0 aromatic heterocycles. The number of amides is 1. The highest BCUT2D eigenvalue weighted by atomic mass is 19.3. The molecule has 1 amide bonds. The first-order valence-corrected chi connectivity index (χ1v) is 17.5. The number of aliphatic carboxylic acids is 1. The van der Waals surface area contributed by atoms with Gasteiger partial charge in [0.15, 0.2) is 5.60 Å². The third kappa shape index (κ3) is 16.9. The molecule has 274 valence electrons. The fourth-order valence-corrected chi connectivity index (χ4v) is 5.35. The van der Waals surface area contributed by atoms with Crippen molar-refractivity contribution < 1.29 is 47.6 Å². The molecule has 1 aromatic rings. The van der Waals surface area contributed by atoms with E-state index in [1.54, 1.807) is 30.3 Å². The Morgan fingerprint density at radius 2 is 1.46 bits per heavy atom. The molecule has 0 fully saturated rings. The lowest BCUT2D eigenvalue weighted by molar-refractivity contribution is -0.169. The third-order valence-corrected chi connectivity index (χ3v) is 8.42. The van der Waals surface area contributed by atoms with Gasteiger partial charge in [0.1, 0.15) is 11.8 Å². The van der Waals surface area contributed by atoms with E-state index in [0.717, 1.165) is 38.5 Å². The molecule has 0 saturated carbocycles. The second-order valence-electron chi connectivity index (χ2n) is 12.5. The van der Waals surface area contributed by atoms with Crippen molar-refractivity contribution in [2.75, 3.05) is 27.4 Å². The number of benzene rings is 1. The summed E-state index contributed by atoms with van der Waals surface area (Å²) in [5, 5.41) is 23.8. The highest BCUT2D eigenvalue weighted by molar-refractivity contribution is 5.92. The summed E-state index contributed by atoms with van der Waals surface area (Å²) in [6.07, 6.45) is 11.7. The molecule has 0 radical (unpaired) electrons. The number of ether oxygens (including phenoxy) is 3. The predicted molar refractivity (Wildman–Crippen MR) is 182 cm³/mol. The number of esters is 1. The molecule has 1 aromatic carbocycles. The molecule has 1 unspecified atom stereocenters. The van der Waals surface area contributed by atoms with Crippen LogP contribution in [0.5, 0.6) is 5.75 Å². The number of hydrogen-bond donors (Lipinski definition) is 3. The number of nitrogens with one attached hydrogen (secondary N) is 1. The molecule has 0 aliphatic carbocycles. The van der Waals surface area contributed by atoms with Crippen LogP contribution in [0.1, 0.15) is 116 Å². The summed E-state index contributed by atoms with van der Waals surface area (Å²) in [6, 6.07) is 5.91. The van der Waals surface area contributed by atoms with Gasteiger partial charge in [-0.25, -0.2) is 18.4 Å². The molecule has 1 rings (SSSR count). The van der Waals surface area contributed by atoms with Gasteiger partial charge in [-0.2, -0.15) is 0 Å². The van der Waals surface area contributed by atoms with Gasteiger partial charge in [0, 0.05) is 39.4 Å². The molecule has 0 saturated heterocycles. The summed E-state index contributed by atoms with van der Waals surface area (Å²) in [5.74, 6) is -6.73. The molecule has 11 heteroatoms. The van der Waals surface area contributed by atoms with Crippen LogP contribution in [0.15, 0.2) is 36.4 Å². The fourth-order valence-electron chi connectivity index (χ4n) is 5.35. The lowest BCUT2D eigenvalue weighted by atomic mass is 9.83. The quantitative estimate of drug-likeness (QED) is 0.0472. The van der Waals surface area contributed by atoms with Crippen LogP contribution in [0.3, 0.4) is 0 Å². The van der Waals surface area contributed by atoms with Gasteiger partial charge >= 0.3 is 11.9 Å². The number of carbonyl (C=O) groups is 3. The second-order valence-corrected chi connectivity index (χ2v) is 12.5. The van der Waals surface area contributed by atoms with Crippen LogP contribution < -0.4 is 10.1 Å². The number of carbonyl (C=O) groups excluding carboxylic acids is 2. The first-order chi connectivity index (χ1) is 22.9. The maximum Gasteiger partial charge on any atom is 0.336 e. The van der Waals surface area contributed by atoms with Crippen LogP contribution in [0.25, 0.3) is 0 Å². The number of carboxylic acid groups (broad SMARTS) is 1. The highest BCUT2D eigenvalue weighted by Gasteiger charge is 2.47. The summed E-state index contributed by atoms with van der Waals surface area (Å²) < 4.78 is 44.0. The van der Waals surface area contributed by atoms with Gasteiger partial charge in [-0.1, -0.05) is 83.1 Å². The van der Waals surface area contributed by atoms with E-state index in [4.69, 9.17) is 14.2 Å². The van der Waals surface area contributed by atoms with E-state index in [9.17, 15) is 33.4 Å². The number of aliphatic hydroxyl groups is 1. The van der Waals surface area contributed by atoms with Crippen molar-refractivity contribution in [2.24, 2.45) is 5.92 Å². The minimum Gasteiger partial charge on any atom is -0.494 e. The number of unbranched alkanes of at least 4 members (excludes halogenated alkanes) is 9. The Hall–Kier alpha value is -3.05. The molecular weight excluding hydrogens is 624 g/mol. The Morgan fingerprint density at radius 1 is 0.854 bits per heavy atom. The van der Waals surface area contributed by atoms with E-state index in [1.165, 1.54) is 20.3 Å². The minimum absolute atomic E-state index is 0.0611. The minimum atomic E-state index is -2.65. The Kier molecular flexibility index (Phi) is 21.6. The standard InChI is InChI=1S/C37H59F2NO8/c1-5-7-9-13-16-23-36(38,39)24-17-14-11-10-12-15-18-31(37(45,35(43)44)25-27-46-3)33(41)40-32(34(42)47-4)28-29-19-21-30(22-20-29)48-26-8-6-2/h15,18-22,31-32,45H,5-14,16-17,23-28H2,1-4H3,(H,40,41)(H,43,44)/t31?,32-,37-/m0/s1. The zero-order valence-corrected chi connectivity index (χ0v) is 29.4. The summed E-state index contributed by atoms with van der Waals surface area (Å²) >= 11 is 0. The van der Waals surface area contributed by atoms with Crippen molar-refractivity contribution in [2.45, 2.75) is 134 Å². The zero-order chi connectivity index (χ0) is 35.8. The normalized spacial score (nSPS) is 14.3. The lowest BCUT2D eigenvalue weighted by Gasteiger charge is -2.30. The van der Waals surface area contributed by atoms with Crippen molar-refractivity contribution in [3.05, 3.63) is 42.0 Å². The number of methoxy groups -OCH3 is 2. The van der Waals surface area contributed by atoms with Gasteiger partial charge in [-0.15, -0.1) is 0 Å². The van der Waals surface area contributed by atoms with Crippen molar-refractivity contribution in [1.29, 1.82) is 0 Å². The molecule has 3 N–H and O–H groups in total. The molecule has 0 aliphatic heterocycles. The average Bonchev–Trinajstić information content (AvgIpc) is 3.06. The van der Waals surface area contributed by atoms with Crippen molar-refractivity contribution in [3.8, 4) is 5.75 Å². The topological polar surface area (TPSA) is 131 Å². The van der Waals surface area contributed by atoms with Crippen LogP contribution in [-0.4, -0.2) is 73.1 Å². The van der Waals surface area contributed by atoms with Gasteiger partial charge < -0.3 is 29.7 Å². The molecule has 3 atom stereocenters. The van der Waals surface area contributed by atoms with Crippen molar-refractivity contribution in [3.63, 3.8) is 0 Å². The van der Waals surface area contributed by atoms with Crippen LogP contribution in [0.2, 0.25) is 0 Å². The van der Waals surface area contributed by atoms with Crippen LogP contribution in [0.4, 0.5) is 8.78 Å². The van der Waals surface area contributed by atoms with Crippen molar-refractivity contribution >= 4 is 17.8 Å². The number of allylic oxidation sites excluding steroid dienone is 1. The van der Waals surface area contributed by atoms with Gasteiger partial charge in [-0.3, -0.25) is 4.79 Å². The fraction of sp³-hybridized carbons (Fsp3) is 0.703. The first-order valence-electron chi connectivity index (χ1n) is 17.5. The smallest absolute Gasteiger partial charge is 0.336 e. The Balaban J connectivity index is 2.88. The monoisotopic (exact) mass is 683 g/mol. The molecule has 0 aliphatic rings. The van der Waals surface area contributed by atoms with E-state index in [0.29, 0.717) is 56.4 Å². The predicted octanol–water partition coefficient (Wildman–Crippen LogP) is 7.43. The van der Waals surface area contributed by atoms with E-state index in [2.05, 4.69) is 19.2 Å². The van der Waals surface area contributed by atoms with Gasteiger partial charge in [0.2, 0.25) is 11.8 Å². The van der Waals surface area contributed by atoms with Crippen LogP contribution in [0, 0.1) is 5.92 Å². The molecule has 0 spiro atoms. The third-order valence-electron chi connectivity index (χ3n) is 8.42. The van der Waals surface area contributed by atoms with Gasteiger partial charge in [-0.05, 0) is 49.8 Å². The highest BCUT2D eigenvalue weighted by Crippen LogP contribution is 2.29. The average molecular weight is 684 g/mol. The molecular formula is C37H59F2NO8. The molecule has 0 bridgehead atoms. The number of hydrogen-bond acceptors (Lipinski definition) is 7. The maximum absolute atomic E-state index is 14.2. The molecule has 48 heavy (non-hydrogen) atoms. The summed E-state index contributed by atoms with van der Waals surface area (Å²) in [5.41, 5.74) is -1.81. The number of rotatable bonds is 28. The Morgan fingerprint density at radius 3 is 2.02 bits per heavy atom. The van der Waals surface area contributed by atoms with E-state index >= 15 is 0 Å². The Bertz CT molecular complexity index is 1080. The van der Waals surface area contributed by atoms with E-state index in [-0.39, 0.29) is 32.3 Å². The second kappa shape index (κ2) is 24.1. The maximum atomic E-state index is 14.2. The number of alkyl halides is 2.